The third kappa shape index (κ3) is 2.73. The molecule has 0 radical (unpaired) electrons. The van der Waals surface area contributed by atoms with E-state index in [1.807, 2.05) is 0 Å². The third-order valence-corrected chi connectivity index (χ3v) is 3.63. The van der Waals surface area contributed by atoms with E-state index < -0.39 is 0 Å². The number of anilines is 1. The fraction of sp³-hybridized carbons (Fsp3) is 0.500. The van der Waals surface area contributed by atoms with Gasteiger partial charge in [0.2, 0.25) is 0 Å². The maximum absolute atomic E-state index is 3.59. The number of para-hydroxylation sites is 1. The number of nitrogens with zero attached hydrogens (tertiary/aromatic N) is 1. The Morgan fingerprint density at radius 3 is 2.93 bits per heavy atom. The van der Waals surface area contributed by atoms with Crippen LogP contribution in [0.3, 0.4) is 0 Å². The van der Waals surface area contributed by atoms with Crippen LogP contribution in [0.4, 0.5) is 5.69 Å². The molecule has 1 atom stereocenters. The number of benzene rings is 1. The maximum Gasteiger partial charge on any atom is 0.0508 e. The monoisotopic (exact) mass is 268 g/mol. The van der Waals surface area contributed by atoms with Crippen LogP contribution in [0.2, 0.25) is 0 Å². The Morgan fingerprint density at radius 2 is 2.27 bits per heavy atom. The van der Waals surface area contributed by atoms with Gasteiger partial charge in [-0.25, -0.2) is 0 Å². The summed E-state index contributed by atoms with van der Waals surface area (Å²) in [5.74, 6) is 0.794. The van der Waals surface area contributed by atoms with Gasteiger partial charge in [-0.2, -0.15) is 0 Å². The van der Waals surface area contributed by atoms with Crippen molar-refractivity contribution in [3.05, 3.63) is 28.7 Å². The van der Waals surface area contributed by atoms with E-state index in [1.54, 1.807) is 0 Å². The van der Waals surface area contributed by atoms with Crippen LogP contribution in [0.15, 0.2) is 28.7 Å². The van der Waals surface area contributed by atoms with E-state index in [0.29, 0.717) is 0 Å². The van der Waals surface area contributed by atoms with Crippen LogP contribution in [-0.2, 0) is 0 Å². The zero-order valence-electron chi connectivity index (χ0n) is 9.04. The predicted octanol–water partition coefficient (Wildman–Crippen LogP) is 2.49. The molecular formula is C12H17BrN2. The summed E-state index contributed by atoms with van der Waals surface area (Å²) in [7, 11) is 2.17. The van der Waals surface area contributed by atoms with Gasteiger partial charge in [-0.15, -0.1) is 0 Å². The van der Waals surface area contributed by atoms with Gasteiger partial charge in [-0.1, -0.05) is 12.1 Å². The van der Waals surface area contributed by atoms with Gasteiger partial charge in [-0.3, -0.25) is 0 Å². The van der Waals surface area contributed by atoms with Crippen molar-refractivity contribution in [3.8, 4) is 0 Å². The summed E-state index contributed by atoms with van der Waals surface area (Å²) < 4.78 is 1.18. The third-order valence-electron chi connectivity index (χ3n) is 2.96. The van der Waals surface area contributed by atoms with Crippen LogP contribution in [-0.4, -0.2) is 26.7 Å². The van der Waals surface area contributed by atoms with Crippen LogP contribution < -0.4 is 10.2 Å². The van der Waals surface area contributed by atoms with E-state index in [9.17, 15) is 0 Å². The molecule has 0 spiro atoms. The Hall–Kier alpha value is -0.540. The van der Waals surface area contributed by atoms with E-state index in [2.05, 4.69) is 57.5 Å². The van der Waals surface area contributed by atoms with Crippen LogP contribution in [0, 0.1) is 5.92 Å². The molecule has 2 nitrogen and oxygen atoms in total. The Morgan fingerprint density at radius 1 is 1.47 bits per heavy atom. The molecule has 1 fully saturated rings. The van der Waals surface area contributed by atoms with Crippen molar-refractivity contribution in [2.75, 3.05) is 31.6 Å². The highest BCUT2D eigenvalue weighted by Crippen LogP contribution is 2.25. The quantitative estimate of drug-likeness (QED) is 0.907. The molecule has 1 aromatic rings. The maximum atomic E-state index is 3.59. The highest BCUT2D eigenvalue weighted by molar-refractivity contribution is 9.10. The fourth-order valence-electron chi connectivity index (χ4n) is 2.12. The molecular weight excluding hydrogens is 252 g/mol. The topological polar surface area (TPSA) is 15.3 Å². The molecule has 1 heterocycles. The number of rotatable bonds is 3. The highest BCUT2D eigenvalue weighted by Gasteiger charge is 2.17. The van der Waals surface area contributed by atoms with Crippen molar-refractivity contribution in [2.45, 2.75) is 6.42 Å². The second-order valence-corrected chi connectivity index (χ2v) is 5.05. The van der Waals surface area contributed by atoms with Crippen molar-refractivity contribution in [2.24, 2.45) is 5.92 Å². The van der Waals surface area contributed by atoms with Gasteiger partial charge < -0.3 is 10.2 Å². The Labute approximate surface area is 99.8 Å². The minimum absolute atomic E-state index is 0.794. The molecule has 82 valence electrons. The summed E-state index contributed by atoms with van der Waals surface area (Å²) in [6, 6.07) is 8.40. The first-order valence-corrected chi connectivity index (χ1v) is 6.23. The van der Waals surface area contributed by atoms with Gasteiger partial charge >= 0.3 is 0 Å². The van der Waals surface area contributed by atoms with Crippen LogP contribution in [0.25, 0.3) is 0 Å². The molecule has 1 N–H and O–H groups in total. The van der Waals surface area contributed by atoms with Crippen molar-refractivity contribution >= 4 is 21.6 Å². The lowest BCUT2D eigenvalue weighted by atomic mass is 10.1. The lowest BCUT2D eigenvalue weighted by Gasteiger charge is -2.23. The molecule has 1 aliphatic heterocycles. The first-order chi connectivity index (χ1) is 7.27. The van der Waals surface area contributed by atoms with Gasteiger partial charge in [0.25, 0.3) is 0 Å². The average molecular weight is 269 g/mol. The standard InChI is InChI=1S/C12H17BrN2/c1-15(9-10-6-7-14-8-10)12-5-3-2-4-11(12)13/h2-5,10,14H,6-9H2,1H3. The first kappa shape index (κ1) is 11.0. The molecule has 0 aliphatic carbocycles. The minimum Gasteiger partial charge on any atom is -0.373 e. The average Bonchev–Trinajstić information content (AvgIpc) is 2.71. The fourth-order valence-corrected chi connectivity index (χ4v) is 2.70. The molecule has 1 unspecified atom stereocenters. The van der Waals surface area contributed by atoms with Crippen LogP contribution in [0.1, 0.15) is 6.42 Å². The first-order valence-electron chi connectivity index (χ1n) is 5.44. The molecule has 0 aromatic heterocycles. The summed E-state index contributed by atoms with van der Waals surface area (Å²) in [5, 5.41) is 3.41. The van der Waals surface area contributed by atoms with E-state index in [-0.39, 0.29) is 0 Å². The predicted molar refractivity (Wildman–Crippen MR) is 68.4 cm³/mol. The molecule has 15 heavy (non-hydrogen) atoms. The summed E-state index contributed by atoms with van der Waals surface area (Å²) in [4.78, 5) is 2.34. The Balaban J connectivity index is 2.00. The second kappa shape index (κ2) is 4.99. The lowest BCUT2D eigenvalue weighted by Crippen LogP contribution is -2.26. The summed E-state index contributed by atoms with van der Waals surface area (Å²) in [5.41, 5.74) is 1.28. The Kier molecular flexibility index (Phi) is 3.65. The van der Waals surface area contributed by atoms with Crippen molar-refractivity contribution in [3.63, 3.8) is 0 Å². The highest BCUT2D eigenvalue weighted by atomic mass is 79.9. The summed E-state index contributed by atoms with van der Waals surface area (Å²) in [6.07, 6.45) is 1.30. The second-order valence-electron chi connectivity index (χ2n) is 4.19. The normalized spacial score (nSPS) is 20.5. The van der Waals surface area contributed by atoms with Crippen LogP contribution >= 0.6 is 15.9 Å². The summed E-state index contributed by atoms with van der Waals surface area (Å²) >= 11 is 3.59. The van der Waals surface area contributed by atoms with Gasteiger partial charge in [0.05, 0.1) is 5.69 Å². The van der Waals surface area contributed by atoms with Gasteiger partial charge in [0.1, 0.15) is 0 Å². The van der Waals surface area contributed by atoms with E-state index in [0.717, 1.165) is 19.0 Å². The molecule has 3 heteroatoms. The lowest BCUT2D eigenvalue weighted by molar-refractivity contribution is 0.578. The molecule has 0 amide bonds. The van der Waals surface area contributed by atoms with Gasteiger partial charge in [-0.05, 0) is 53.5 Å². The van der Waals surface area contributed by atoms with Crippen molar-refractivity contribution < 1.29 is 0 Å². The largest absolute Gasteiger partial charge is 0.373 e. The van der Waals surface area contributed by atoms with Gasteiger partial charge in [0.15, 0.2) is 0 Å². The number of hydrogen-bond donors (Lipinski definition) is 1. The molecule has 0 saturated carbocycles. The number of hydrogen-bond acceptors (Lipinski definition) is 2. The Bertz CT molecular complexity index is 321. The molecule has 2 rings (SSSR count). The summed E-state index contributed by atoms with van der Waals surface area (Å²) in [6.45, 7) is 3.47. The van der Waals surface area contributed by atoms with E-state index >= 15 is 0 Å². The SMILES string of the molecule is CN(CC1CCNC1)c1ccccc1Br. The zero-order valence-corrected chi connectivity index (χ0v) is 10.6. The number of halogens is 1. The van der Waals surface area contributed by atoms with E-state index in [1.165, 1.54) is 23.1 Å². The minimum atomic E-state index is 0.794. The smallest absolute Gasteiger partial charge is 0.0508 e. The molecule has 1 saturated heterocycles. The molecule has 0 bridgehead atoms. The molecule has 1 aliphatic rings. The van der Waals surface area contributed by atoms with Crippen molar-refractivity contribution in [1.82, 2.24) is 5.32 Å². The van der Waals surface area contributed by atoms with Crippen molar-refractivity contribution in [1.29, 1.82) is 0 Å². The van der Waals surface area contributed by atoms with Crippen LogP contribution in [0.5, 0.6) is 0 Å². The zero-order chi connectivity index (χ0) is 10.7. The van der Waals surface area contributed by atoms with E-state index in [4.69, 9.17) is 0 Å². The molecule has 1 aromatic carbocycles. The van der Waals surface area contributed by atoms with Gasteiger partial charge in [0, 0.05) is 18.1 Å². The number of nitrogens with one attached hydrogen (secondary N) is 1.